The molecule has 1 heteroatoms. The summed E-state index contributed by atoms with van der Waals surface area (Å²) in [6.45, 7) is 0. The van der Waals surface area contributed by atoms with Gasteiger partial charge < -0.3 is 5.73 Å². The van der Waals surface area contributed by atoms with E-state index in [0.29, 0.717) is 0 Å². The monoisotopic (exact) mass is 132 g/mol. The van der Waals surface area contributed by atoms with Crippen molar-refractivity contribution in [2.45, 2.75) is 12.8 Å². The molecule has 0 saturated carbocycles. The third-order valence-corrected chi connectivity index (χ3v) is 2.01. The molecular weight excluding hydrogens is 122 g/mol. The summed E-state index contributed by atoms with van der Waals surface area (Å²) in [4.78, 5) is 0. The van der Waals surface area contributed by atoms with Crippen LogP contribution >= 0.6 is 0 Å². The average molecular weight is 132 g/mol. The molecule has 0 spiro atoms. The highest BCUT2D eigenvalue weighted by Crippen LogP contribution is 2.27. The van der Waals surface area contributed by atoms with E-state index in [4.69, 9.17) is 5.73 Å². The van der Waals surface area contributed by atoms with Crippen molar-refractivity contribution in [3.63, 3.8) is 0 Å². The maximum atomic E-state index is 5.75. The lowest BCUT2D eigenvalue weighted by atomic mass is 10.1. The smallest absolute Gasteiger partial charge is 0.0349 e. The maximum absolute atomic E-state index is 5.75. The Balaban J connectivity index is 2.59. The summed E-state index contributed by atoms with van der Waals surface area (Å²) < 4.78 is 0. The first-order chi connectivity index (χ1) is 4.88. The Labute approximate surface area is 60.9 Å². The summed E-state index contributed by atoms with van der Waals surface area (Å²) >= 11 is 0. The van der Waals surface area contributed by atoms with Crippen LogP contribution in [0.3, 0.4) is 0 Å². The zero-order valence-corrected chi connectivity index (χ0v) is 5.80. The quantitative estimate of drug-likeness (QED) is 0.535. The van der Waals surface area contributed by atoms with Crippen molar-refractivity contribution in [1.29, 1.82) is 0 Å². The van der Waals surface area contributed by atoms with Gasteiger partial charge in [0.25, 0.3) is 0 Å². The molecule has 0 unspecified atom stereocenters. The Morgan fingerprint density at radius 3 is 3.00 bits per heavy atom. The number of nitrogen functional groups attached to an aromatic ring is 1. The number of fused-ring (bicyclic) bond motifs is 1. The summed E-state index contributed by atoms with van der Waals surface area (Å²) in [6, 6.07) is 6.10. The molecule has 1 aliphatic rings. The summed E-state index contributed by atoms with van der Waals surface area (Å²) in [5, 5.41) is 0. The van der Waals surface area contributed by atoms with E-state index < -0.39 is 0 Å². The lowest BCUT2D eigenvalue weighted by molar-refractivity contribution is 1.04. The van der Waals surface area contributed by atoms with Crippen molar-refractivity contribution >= 4 is 5.69 Å². The number of hydrogen-bond donors (Lipinski definition) is 1. The van der Waals surface area contributed by atoms with Crippen molar-refractivity contribution in [2.24, 2.45) is 0 Å². The van der Waals surface area contributed by atoms with Crippen molar-refractivity contribution in [2.75, 3.05) is 5.73 Å². The van der Waals surface area contributed by atoms with Crippen LogP contribution in [0.25, 0.3) is 0 Å². The van der Waals surface area contributed by atoms with E-state index in [0.717, 1.165) is 18.5 Å². The molecule has 51 valence electrons. The van der Waals surface area contributed by atoms with Crippen LogP contribution in [0.4, 0.5) is 5.69 Å². The van der Waals surface area contributed by atoms with E-state index in [9.17, 15) is 0 Å². The molecular formula is C9H10N. The Hall–Kier alpha value is -0.980. The van der Waals surface area contributed by atoms with E-state index in [1.165, 1.54) is 11.1 Å². The number of rotatable bonds is 0. The Morgan fingerprint density at radius 2 is 2.20 bits per heavy atom. The second kappa shape index (κ2) is 2.01. The first kappa shape index (κ1) is 5.78. The molecule has 0 aliphatic heterocycles. The van der Waals surface area contributed by atoms with Gasteiger partial charge in [-0.15, -0.1) is 0 Å². The van der Waals surface area contributed by atoms with E-state index in [-0.39, 0.29) is 0 Å². The molecule has 0 fully saturated rings. The lowest BCUT2D eigenvalue weighted by Gasteiger charge is -2.00. The predicted octanol–water partition coefficient (Wildman–Crippen LogP) is 1.77. The largest absolute Gasteiger partial charge is 0.398 e. The van der Waals surface area contributed by atoms with Crippen molar-refractivity contribution in [3.05, 3.63) is 35.7 Å². The zero-order chi connectivity index (χ0) is 6.97. The predicted molar refractivity (Wildman–Crippen MR) is 42.6 cm³/mol. The van der Waals surface area contributed by atoms with Crippen molar-refractivity contribution in [1.82, 2.24) is 0 Å². The fraction of sp³-hybridized carbons (Fsp3) is 0.222. The topological polar surface area (TPSA) is 26.0 Å². The molecule has 1 nitrogen and oxygen atoms in total. The molecule has 2 rings (SSSR count). The van der Waals surface area contributed by atoms with Gasteiger partial charge in [0, 0.05) is 5.69 Å². The Kier molecular flexibility index (Phi) is 1.16. The fourth-order valence-corrected chi connectivity index (χ4v) is 1.48. The van der Waals surface area contributed by atoms with Gasteiger partial charge in [-0.2, -0.15) is 0 Å². The minimum atomic E-state index is 0.950. The number of nitrogens with two attached hydrogens (primary N) is 1. The SMILES string of the molecule is Nc1cccc2c1CC[CH]2. The second-order valence-electron chi connectivity index (χ2n) is 2.66. The molecule has 0 aromatic heterocycles. The van der Waals surface area contributed by atoms with E-state index in [2.05, 4.69) is 12.5 Å². The zero-order valence-electron chi connectivity index (χ0n) is 5.80. The standard InChI is InChI=1S/C9H10N/c10-9-6-2-4-7-3-1-5-8(7)9/h2-4,6H,1,5,10H2. The van der Waals surface area contributed by atoms with Gasteiger partial charge in [0.2, 0.25) is 0 Å². The van der Waals surface area contributed by atoms with Crippen molar-refractivity contribution < 1.29 is 0 Å². The summed E-state index contributed by atoms with van der Waals surface area (Å²) in [7, 11) is 0. The van der Waals surface area contributed by atoms with E-state index >= 15 is 0 Å². The molecule has 0 atom stereocenters. The molecule has 1 radical (unpaired) electrons. The molecule has 1 aromatic carbocycles. The van der Waals surface area contributed by atoms with E-state index in [1.807, 2.05) is 12.1 Å². The fourth-order valence-electron chi connectivity index (χ4n) is 1.48. The summed E-state index contributed by atoms with van der Waals surface area (Å²) in [5.41, 5.74) is 9.37. The van der Waals surface area contributed by atoms with Gasteiger partial charge in [0.15, 0.2) is 0 Å². The third kappa shape index (κ3) is 0.703. The highest BCUT2D eigenvalue weighted by atomic mass is 14.6. The van der Waals surface area contributed by atoms with Crippen LogP contribution < -0.4 is 5.73 Å². The Morgan fingerprint density at radius 1 is 1.30 bits per heavy atom. The van der Waals surface area contributed by atoms with Gasteiger partial charge in [0.05, 0.1) is 0 Å². The third-order valence-electron chi connectivity index (χ3n) is 2.01. The maximum Gasteiger partial charge on any atom is 0.0349 e. The molecule has 0 bridgehead atoms. The van der Waals surface area contributed by atoms with Crippen LogP contribution in [0.15, 0.2) is 18.2 Å². The summed E-state index contributed by atoms with van der Waals surface area (Å²) in [6.07, 6.45) is 4.53. The van der Waals surface area contributed by atoms with Crippen LogP contribution in [0.2, 0.25) is 0 Å². The van der Waals surface area contributed by atoms with Crippen LogP contribution in [-0.4, -0.2) is 0 Å². The highest BCUT2D eigenvalue weighted by Gasteiger charge is 2.11. The first-order valence-electron chi connectivity index (χ1n) is 3.58. The molecule has 0 saturated heterocycles. The summed E-state index contributed by atoms with van der Waals surface area (Å²) in [5.74, 6) is 0. The average Bonchev–Trinajstić information content (AvgIpc) is 2.36. The van der Waals surface area contributed by atoms with Gasteiger partial charge in [-0.05, 0) is 36.5 Å². The first-order valence-corrected chi connectivity index (χ1v) is 3.58. The van der Waals surface area contributed by atoms with Gasteiger partial charge in [-0.3, -0.25) is 0 Å². The number of hydrogen-bond acceptors (Lipinski definition) is 1. The molecule has 0 heterocycles. The molecule has 2 N–H and O–H groups in total. The normalized spacial score (nSPS) is 15.2. The second-order valence-corrected chi connectivity index (χ2v) is 2.66. The number of anilines is 1. The lowest BCUT2D eigenvalue weighted by Crippen LogP contribution is -1.91. The molecule has 1 aromatic rings. The van der Waals surface area contributed by atoms with Crippen molar-refractivity contribution in [3.8, 4) is 0 Å². The highest BCUT2D eigenvalue weighted by molar-refractivity contribution is 5.55. The minimum Gasteiger partial charge on any atom is -0.398 e. The van der Waals surface area contributed by atoms with Gasteiger partial charge in [-0.25, -0.2) is 0 Å². The van der Waals surface area contributed by atoms with Crippen LogP contribution in [0, 0.1) is 6.42 Å². The van der Waals surface area contributed by atoms with Crippen LogP contribution in [0.5, 0.6) is 0 Å². The Bertz CT molecular complexity index is 253. The van der Waals surface area contributed by atoms with Crippen LogP contribution in [-0.2, 0) is 6.42 Å². The number of benzene rings is 1. The molecule has 0 amide bonds. The van der Waals surface area contributed by atoms with E-state index in [1.54, 1.807) is 0 Å². The van der Waals surface area contributed by atoms with Gasteiger partial charge >= 0.3 is 0 Å². The van der Waals surface area contributed by atoms with Gasteiger partial charge in [0.1, 0.15) is 0 Å². The van der Waals surface area contributed by atoms with Gasteiger partial charge in [-0.1, -0.05) is 12.1 Å². The van der Waals surface area contributed by atoms with Crippen LogP contribution in [0.1, 0.15) is 17.5 Å². The minimum absolute atomic E-state index is 0.950. The molecule has 10 heavy (non-hydrogen) atoms. The molecule has 1 aliphatic carbocycles.